The van der Waals surface area contributed by atoms with Crippen LogP contribution in [0.4, 0.5) is 0 Å². The van der Waals surface area contributed by atoms with Gasteiger partial charge in [0, 0.05) is 3.57 Å². The minimum Gasteiger partial charge on any atom is -0.467 e. The van der Waals surface area contributed by atoms with E-state index in [1.807, 2.05) is 36.4 Å². The second-order valence-corrected chi connectivity index (χ2v) is 4.29. The molecule has 1 aromatic heterocycles. The van der Waals surface area contributed by atoms with E-state index >= 15 is 0 Å². The first-order chi connectivity index (χ1) is 6.77. The monoisotopic (exact) mass is 299 g/mol. The summed E-state index contributed by atoms with van der Waals surface area (Å²) in [7, 11) is 0. The van der Waals surface area contributed by atoms with Crippen molar-refractivity contribution in [2.24, 2.45) is 5.73 Å². The van der Waals surface area contributed by atoms with Crippen molar-refractivity contribution in [3.63, 3.8) is 0 Å². The van der Waals surface area contributed by atoms with E-state index in [1.54, 1.807) is 6.26 Å². The number of rotatable bonds is 2. The number of hydrogen-bond acceptors (Lipinski definition) is 2. The van der Waals surface area contributed by atoms with Gasteiger partial charge in [-0.05, 0) is 52.4 Å². The Morgan fingerprint density at radius 2 is 1.86 bits per heavy atom. The molecule has 0 amide bonds. The number of hydrogen-bond donors (Lipinski definition) is 1. The summed E-state index contributed by atoms with van der Waals surface area (Å²) < 4.78 is 6.46. The van der Waals surface area contributed by atoms with Crippen LogP contribution in [-0.2, 0) is 0 Å². The van der Waals surface area contributed by atoms with E-state index < -0.39 is 0 Å². The number of halogens is 1. The van der Waals surface area contributed by atoms with Crippen molar-refractivity contribution in [2.75, 3.05) is 0 Å². The first-order valence-corrected chi connectivity index (χ1v) is 5.39. The molecule has 0 saturated heterocycles. The summed E-state index contributed by atoms with van der Waals surface area (Å²) in [6, 6.07) is 11.7. The van der Waals surface area contributed by atoms with Gasteiger partial charge in [0.15, 0.2) is 0 Å². The zero-order valence-electron chi connectivity index (χ0n) is 7.48. The maximum Gasteiger partial charge on any atom is 0.124 e. The first-order valence-electron chi connectivity index (χ1n) is 4.32. The molecule has 1 atom stereocenters. The van der Waals surface area contributed by atoms with E-state index in [0.29, 0.717) is 0 Å². The van der Waals surface area contributed by atoms with E-state index in [1.165, 1.54) is 3.57 Å². The molecule has 0 saturated carbocycles. The predicted octanol–water partition coefficient (Wildman–Crippen LogP) is 2.93. The highest BCUT2D eigenvalue weighted by Crippen LogP contribution is 2.20. The third-order valence-electron chi connectivity index (χ3n) is 2.08. The Balaban J connectivity index is 2.28. The number of nitrogens with two attached hydrogens (primary N) is 1. The van der Waals surface area contributed by atoms with Crippen LogP contribution >= 0.6 is 22.6 Å². The van der Waals surface area contributed by atoms with Gasteiger partial charge >= 0.3 is 0 Å². The molecule has 1 aromatic carbocycles. The fourth-order valence-corrected chi connectivity index (χ4v) is 1.66. The zero-order valence-corrected chi connectivity index (χ0v) is 9.64. The summed E-state index contributed by atoms with van der Waals surface area (Å²) in [5.74, 6) is 0.797. The van der Waals surface area contributed by atoms with Crippen LogP contribution in [0.5, 0.6) is 0 Å². The summed E-state index contributed by atoms with van der Waals surface area (Å²) in [5, 5.41) is 0. The normalized spacial score (nSPS) is 12.7. The molecule has 72 valence electrons. The van der Waals surface area contributed by atoms with Crippen molar-refractivity contribution >= 4 is 22.6 Å². The van der Waals surface area contributed by atoms with Gasteiger partial charge in [0.1, 0.15) is 5.76 Å². The summed E-state index contributed by atoms with van der Waals surface area (Å²) >= 11 is 2.27. The minimum atomic E-state index is -0.165. The third kappa shape index (κ3) is 1.99. The molecule has 0 fully saturated rings. The maximum absolute atomic E-state index is 6.01. The van der Waals surface area contributed by atoms with E-state index in [4.69, 9.17) is 10.2 Å². The Morgan fingerprint density at radius 3 is 2.43 bits per heavy atom. The molecule has 0 aliphatic rings. The average molecular weight is 299 g/mol. The van der Waals surface area contributed by atoms with Gasteiger partial charge in [-0.3, -0.25) is 0 Å². The fourth-order valence-electron chi connectivity index (χ4n) is 1.30. The van der Waals surface area contributed by atoms with Crippen LogP contribution in [0, 0.1) is 3.57 Å². The quantitative estimate of drug-likeness (QED) is 0.866. The molecule has 0 bridgehead atoms. The third-order valence-corrected chi connectivity index (χ3v) is 2.80. The van der Waals surface area contributed by atoms with Crippen molar-refractivity contribution in [2.45, 2.75) is 6.04 Å². The van der Waals surface area contributed by atoms with Gasteiger partial charge in [-0.15, -0.1) is 0 Å². The van der Waals surface area contributed by atoms with E-state index in [9.17, 15) is 0 Å². The lowest BCUT2D eigenvalue weighted by Gasteiger charge is -2.08. The molecule has 2 nitrogen and oxygen atoms in total. The number of benzene rings is 1. The minimum absolute atomic E-state index is 0.165. The lowest BCUT2D eigenvalue weighted by atomic mass is 10.1. The molecule has 0 spiro atoms. The van der Waals surface area contributed by atoms with Crippen LogP contribution in [0.25, 0.3) is 0 Å². The second-order valence-electron chi connectivity index (χ2n) is 3.04. The lowest BCUT2D eigenvalue weighted by Crippen LogP contribution is -2.10. The van der Waals surface area contributed by atoms with Crippen LogP contribution in [0.3, 0.4) is 0 Å². The summed E-state index contributed by atoms with van der Waals surface area (Å²) in [6.07, 6.45) is 1.64. The highest BCUT2D eigenvalue weighted by molar-refractivity contribution is 14.1. The molecular weight excluding hydrogens is 289 g/mol. The standard InChI is InChI=1S/C11H10INO/c12-9-5-3-8(4-6-9)11(13)10-2-1-7-14-10/h1-7,11H,13H2. The van der Waals surface area contributed by atoms with E-state index in [0.717, 1.165) is 11.3 Å². The van der Waals surface area contributed by atoms with E-state index in [2.05, 4.69) is 22.6 Å². The molecule has 1 heterocycles. The van der Waals surface area contributed by atoms with Gasteiger partial charge in [-0.25, -0.2) is 0 Å². The van der Waals surface area contributed by atoms with Crippen LogP contribution in [0.2, 0.25) is 0 Å². The van der Waals surface area contributed by atoms with Gasteiger partial charge in [0.2, 0.25) is 0 Å². The summed E-state index contributed by atoms with van der Waals surface area (Å²) in [4.78, 5) is 0. The van der Waals surface area contributed by atoms with Crippen LogP contribution in [0.15, 0.2) is 47.1 Å². The topological polar surface area (TPSA) is 39.2 Å². The molecule has 14 heavy (non-hydrogen) atoms. The van der Waals surface area contributed by atoms with Gasteiger partial charge in [-0.1, -0.05) is 12.1 Å². The maximum atomic E-state index is 6.01. The van der Waals surface area contributed by atoms with Gasteiger partial charge < -0.3 is 10.2 Å². The Labute approximate surface area is 96.2 Å². The summed E-state index contributed by atoms with van der Waals surface area (Å²) in [5.41, 5.74) is 7.08. The smallest absolute Gasteiger partial charge is 0.124 e. The highest BCUT2D eigenvalue weighted by atomic mass is 127. The van der Waals surface area contributed by atoms with Crippen molar-refractivity contribution in [3.8, 4) is 0 Å². The van der Waals surface area contributed by atoms with Crippen LogP contribution in [0.1, 0.15) is 17.4 Å². The van der Waals surface area contributed by atoms with Crippen molar-refractivity contribution in [1.82, 2.24) is 0 Å². The second kappa shape index (κ2) is 4.14. The average Bonchev–Trinajstić information content (AvgIpc) is 2.71. The van der Waals surface area contributed by atoms with Gasteiger partial charge in [0.05, 0.1) is 12.3 Å². The largest absolute Gasteiger partial charge is 0.467 e. The van der Waals surface area contributed by atoms with E-state index in [-0.39, 0.29) is 6.04 Å². The molecule has 2 rings (SSSR count). The Bertz CT molecular complexity index is 394. The highest BCUT2D eigenvalue weighted by Gasteiger charge is 2.10. The molecule has 2 aromatic rings. The first kappa shape index (κ1) is 9.73. The molecule has 3 heteroatoms. The van der Waals surface area contributed by atoms with Crippen molar-refractivity contribution in [1.29, 1.82) is 0 Å². The fraction of sp³-hybridized carbons (Fsp3) is 0.0909. The Kier molecular flexibility index (Phi) is 2.88. The summed E-state index contributed by atoms with van der Waals surface area (Å²) in [6.45, 7) is 0. The van der Waals surface area contributed by atoms with Crippen molar-refractivity contribution in [3.05, 3.63) is 57.6 Å². The SMILES string of the molecule is NC(c1ccc(I)cc1)c1ccco1. The Hall–Kier alpha value is -0.810. The molecule has 1 unspecified atom stereocenters. The molecule has 2 N–H and O–H groups in total. The van der Waals surface area contributed by atoms with Gasteiger partial charge in [0.25, 0.3) is 0 Å². The number of furan rings is 1. The molecule has 0 radical (unpaired) electrons. The van der Waals surface area contributed by atoms with Crippen LogP contribution < -0.4 is 5.73 Å². The Morgan fingerprint density at radius 1 is 1.14 bits per heavy atom. The predicted molar refractivity (Wildman–Crippen MR) is 63.9 cm³/mol. The lowest BCUT2D eigenvalue weighted by molar-refractivity contribution is 0.490. The molecule has 0 aliphatic heterocycles. The van der Waals surface area contributed by atoms with Crippen molar-refractivity contribution < 1.29 is 4.42 Å². The zero-order chi connectivity index (χ0) is 9.97. The molecule has 0 aliphatic carbocycles. The van der Waals surface area contributed by atoms with Crippen LogP contribution in [-0.4, -0.2) is 0 Å². The van der Waals surface area contributed by atoms with Gasteiger partial charge in [-0.2, -0.15) is 0 Å². The molecular formula is C11H10INO.